The van der Waals surface area contributed by atoms with Crippen LogP contribution in [0, 0.1) is 16.0 Å². The lowest BCUT2D eigenvalue weighted by molar-refractivity contribution is -0.384. The summed E-state index contributed by atoms with van der Waals surface area (Å²) in [6, 6.07) is 15.5. The number of non-ortho nitro benzene ring substituents is 1. The van der Waals surface area contributed by atoms with Crippen molar-refractivity contribution < 1.29 is 14.5 Å². The number of hydrogen-bond acceptors (Lipinski definition) is 4. The van der Waals surface area contributed by atoms with Gasteiger partial charge in [0.2, 0.25) is 5.91 Å². The predicted octanol–water partition coefficient (Wildman–Crippen LogP) is 3.11. The van der Waals surface area contributed by atoms with Gasteiger partial charge in [-0.3, -0.25) is 19.7 Å². The quantitative estimate of drug-likeness (QED) is 0.588. The fourth-order valence-corrected chi connectivity index (χ4v) is 3.48. The van der Waals surface area contributed by atoms with Crippen molar-refractivity contribution >= 4 is 17.5 Å². The molecule has 2 amide bonds. The van der Waals surface area contributed by atoms with Crippen LogP contribution in [0.25, 0.3) is 0 Å². The highest BCUT2D eigenvalue weighted by Crippen LogP contribution is 2.22. The maximum Gasteiger partial charge on any atom is 0.269 e. The lowest BCUT2D eigenvalue weighted by Gasteiger charge is -2.33. The highest BCUT2D eigenvalue weighted by molar-refractivity contribution is 5.94. The Balaban J connectivity index is 1.54. The molecule has 1 saturated heterocycles. The van der Waals surface area contributed by atoms with E-state index >= 15 is 0 Å². The predicted molar refractivity (Wildman–Crippen MR) is 105 cm³/mol. The second-order valence-electron chi connectivity index (χ2n) is 7.05. The van der Waals surface area contributed by atoms with Gasteiger partial charge in [-0.15, -0.1) is 0 Å². The van der Waals surface area contributed by atoms with E-state index in [4.69, 9.17) is 0 Å². The summed E-state index contributed by atoms with van der Waals surface area (Å²) in [5.74, 6) is -0.139. The maximum atomic E-state index is 12.7. The SMILES string of the molecule is CN(Cc1ccccc1)C(=O)C1CCN(C(=O)c2ccc([N+](=O)[O-])cc2)CC1. The molecular formula is C21H23N3O4. The molecule has 2 aromatic rings. The van der Waals surface area contributed by atoms with Crippen LogP contribution in [0.5, 0.6) is 0 Å². The van der Waals surface area contributed by atoms with Gasteiger partial charge in [-0.25, -0.2) is 0 Å². The van der Waals surface area contributed by atoms with Gasteiger partial charge in [0.1, 0.15) is 0 Å². The topological polar surface area (TPSA) is 83.8 Å². The van der Waals surface area contributed by atoms with Crippen LogP contribution in [-0.2, 0) is 11.3 Å². The van der Waals surface area contributed by atoms with E-state index in [9.17, 15) is 19.7 Å². The third-order valence-corrected chi connectivity index (χ3v) is 5.10. The standard InChI is InChI=1S/C21H23N3O4/c1-22(15-16-5-3-2-4-6-16)20(25)18-11-13-23(14-12-18)21(26)17-7-9-19(10-8-17)24(27)28/h2-10,18H,11-15H2,1H3. The summed E-state index contributed by atoms with van der Waals surface area (Å²) in [4.78, 5) is 39.0. The monoisotopic (exact) mass is 381 g/mol. The summed E-state index contributed by atoms with van der Waals surface area (Å²) < 4.78 is 0. The first-order chi connectivity index (χ1) is 13.5. The van der Waals surface area contributed by atoms with Crippen LogP contribution in [-0.4, -0.2) is 46.7 Å². The summed E-state index contributed by atoms with van der Waals surface area (Å²) in [6.07, 6.45) is 1.24. The normalized spacial score (nSPS) is 14.5. The lowest BCUT2D eigenvalue weighted by atomic mass is 9.94. The molecule has 0 N–H and O–H groups in total. The Bertz CT molecular complexity index is 844. The van der Waals surface area contributed by atoms with Gasteiger partial charge >= 0.3 is 0 Å². The van der Waals surface area contributed by atoms with Crippen molar-refractivity contribution in [3.05, 3.63) is 75.8 Å². The average molecular weight is 381 g/mol. The molecule has 0 saturated carbocycles. The van der Waals surface area contributed by atoms with Gasteiger partial charge in [0, 0.05) is 50.3 Å². The van der Waals surface area contributed by atoms with Crippen molar-refractivity contribution in [3.8, 4) is 0 Å². The Morgan fingerprint density at radius 1 is 1.07 bits per heavy atom. The minimum Gasteiger partial charge on any atom is -0.341 e. The van der Waals surface area contributed by atoms with E-state index in [1.165, 1.54) is 24.3 Å². The third-order valence-electron chi connectivity index (χ3n) is 5.10. The second kappa shape index (κ2) is 8.65. The molecule has 146 valence electrons. The van der Waals surface area contributed by atoms with Crippen molar-refractivity contribution in [1.82, 2.24) is 9.80 Å². The molecule has 0 bridgehead atoms. The lowest BCUT2D eigenvalue weighted by Crippen LogP contribution is -2.43. The number of likely N-dealkylation sites (tertiary alicyclic amines) is 1. The minimum atomic E-state index is -0.489. The minimum absolute atomic E-state index is 0.0395. The number of amides is 2. The molecule has 1 heterocycles. The summed E-state index contributed by atoms with van der Waals surface area (Å²) >= 11 is 0. The van der Waals surface area contributed by atoms with Crippen molar-refractivity contribution in [3.63, 3.8) is 0 Å². The largest absolute Gasteiger partial charge is 0.341 e. The highest BCUT2D eigenvalue weighted by Gasteiger charge is 2.29. The van der Waals surface area contributed by atoms with Crippen LogP contribution in [0.4, 0.5) is 5.69 Å². The highest BCUT2D eigenvalue weighted by atomic mass is 16.6. The zero-order valence-corrected chi connectivity index (χ0v) is 15.8. The van der Waals surface area contributed by atoms with E-state index in [-0.39, 0.29) is 23.4 Å². The zero-order chi connectivity index (χ0) is 20.1. The summed E-state index contributed by atoms with van der Waals surface area (Å²) in [5.41, 5.74) is 1.48. The Morgan fingerprint density at radius 2 is 1.68 bits per heavy atom. The van der Waals surface area contributed by atoms with Gasteiger partial charge in [0.15, 0.2) is 0 Å². The maximum absolute atomic E-state index is 12.7. The van der Waals surface area contributed by atoms with Crippen LogP contribution < -0.4 is 0 Å². The second-order valence-corrected chi connectivity index (χ2v) is 7.05. The molecule has 0 atom stereocenters. The van der Waals surface area contributed by atoms with Gasteiger partial charge in [-0.2, -0.15) is 0 Å². The molecule has 0 aromatic heterocycles. The van der Waals surface area contributed by atoms with Gasteiger partial charge in [0.25, 0.3) is 11.6 Å². The van der Waals surface area contributed by atoms with Crippen molar-refractivity contribution in [2.24, 2.45) is 5.92 Å². The van der Waals surface area contributed by atoms with Crippen LogP contribution in [0.1, 0.15) is 28.8 Å². The molecule has 1 aliphatic heterocycles. The fraction of sp³-hybridized carbons (Fsp3) is 0.333. The molecule has 0 unspecified atom stereocenters. The molecule has 7 nitrogen and oxygen atoms in total. The Hall–Kier alpha value is -3.22. The van der Waals surface area contributed by atoms with Crippen molar-refractivity contribution in [2.75, 3.05) is 20.1 Å². The Morgan fingerprint density at radius 3 is 2.25 bits per heavy atom. The number of benzene rings is 2. The molecule has 1 aliphatic rings. The number of nitrogens with zero attached hydrogens (tertiary/aromatic N) is 3. The number of nitro groups is 1. The van der Waals surface area contributed by atoms with E-state index < -0.39 is 4.92 Å². The molecule has 3 rings (SSSR count). The summed E-state index contributed by atoms with van der Waals surface area (Å²) in [5, 5.41) is 10.7. The van der Waals surface area contributed by atoms with Crippen LogP contribution in [0.2, 0.25) is 0 Å². The smallest absolute Gasteiger partial charge is 0.269 e. The number of carbonyl (C=O) groups is 2. The molecule has 2 aromatic carbocycles. The van der Waals surface area contributed by atoms with E-state index in [0.29, 0.717) is 38.0 Å². The first-order valence-electron chi connectivity index (χ1n) is 9.28. The molecule has 7 heteroatoms. The van der Waals surface area contributed by atoms with Gasteiger partial charge in [-0.1, -0.05) is 30.3 Å². The number of hydrogen-bond donors (Lipinski definition) is 0. The van der Waals surface area contributed by atoms with Gasteiger partial charge < -0.3 is 9.80 Å². The summed E-state index contributed by atoms with van der Waals surface area (Å²) in [6.45, 7) is 1.58. The Kier molecular flexibility index (Phi) is 6.03. The van der Waals surface area contributed by atoms with Crippen LogP contribution >= 0.6 is 0 Å². The third kappa shape index (κ3) is 4.54. The van der Waals surface area contributed by atoms with Crippen LogP contribution in [0.15, 0.2) is 54.6 Å². The molecular weight excluding hydrogens is 358 g/mol. The van der Waals surface area contributed by atoms with E-state index in [1.54, 1.807) is 9.80 Å². The molecule has 0 spiro atoms. The zero-order valence-electron chi connectivity index (χ0n) is 15.8. The number of rotatable bonds is 5. The van der Waals surface area contributed by atoms with Gasteiger partial charge in [-0.05, 0) is 30.5 Å². The first kappa shape index (κ1) is 19.5. The molecule has 1 fully saturated rings. The average Bonchev–Trinajstić information content (AvgIpc) is 2.73. The summed E-state index contributed by atoms with van der Waals surface area (Å²) in [7, 11) is 1.81. The van der Waals surface area contributed by atoms with Crippen molar-refractivity contribution in [2.45, 2.75) is 19.4 Å². The first-order valence-corrected chi connectivity index (χ1v) is 9.28. The van der Waals surface area contributed by atoms with Crippen molar-refractivity contribution in [1.29, 1.82) is 0 Å². The van der Waals surface area contributed by atoms with E-state index in [2.05, 4.69) is 0 Å². The molecule has 28 heavy (non-hydrogen) atoms. The molecule has 0 aliphatic carbocycles. The number of nitro benzene ring substituents is 1. The fourth-order valence-electron chi connectivity index (χ4n) is 3.48. The van der Waals surface area contributed by atoms with E-state index in [0.717, 1.165) is 5.56 Å². The van der Waals surface area contributed by atoms with Crippen LogP contribution in [0.3, 0.4) is 0 Å². The number of piperidine rings is 1. The Labute approximate surface area is 163 Å². The number of carbonyl (C=O) groups excluding carboxylic acids is 2. The van der Waals surface area contributed by atoms with Gasteiger partial charge in [0.05, 0.1) is 4.92 Å². The van der Waals surface area contributed by atoms with E-state index in [1.807, 2.05) is 37.4 Å². The molecule has 0 radical (unpaired) electrons.